The minimum Gasteiger partial charge on any atom is -0.386 e. The minimum absolute atomic E-state index is 0.414. The number of hydrogen-bond acceptors (Lipinski definition) is 4. The molecule has 0 aromatic heterocycles. The van der Waals surface area contributed by atoms with Crippen LogP contribution in [0.15, 0.2) is 66.7 Å². The van der Waals surface area contributed by atoms with Crippen molar-refractivity contribution in [3.63, 3.8) is 0 Å². The van der Waals surface area contributed by atoms with Crippen LogP contribution < -0.4 is 13.6 Å². The van der Waals surface area contributed by atoms with Gasteiger partial charge in [0, 0.05) is 0 Å². The second kappa shape index (κ2) is 7.89. The van der Waals surface area contributed by atoms with Crippen molar-refractivity contribution in [3.8, 4) is 17.2 Å². The lowest BCUT2D eigenvalue weighted by Gasteiger charge is -2.22. The Morgan fingerprint density at radius 2 is 1.33 bits per heavy atom. The molecule has 0 spiro atoms. The zero-order chi connectivity index (χ0) is 19.4. The lowest BCUT2D eigenvalue weighted by molar-refractivity contribution is 0.296. The molecule has 0 aliphatic carbocycles. The zero-order valence-electron chi connectivity index (χ0n) is 15.9. The van der Waals surface area contributed by atoms with Crippen LogP contribution >= 0.6 is 7.82 Å². The van der Waals surface area contributed by atoms with E-state index in [0.717, 1.165) is 22.3 Å². The Balaban J connectivity index is 1.99. The van der Waals surface area contributed by atoms with E-state index in [-0.39, 0.29) is 0 Å². The number of phosphoric ester groups is 1. The van der Waals surface area contributed by atoms with Crippen LogP contribution in [-0.2, 0) is 4.57 Å². The van der Waals surface area contributed by atoms with Crippen LogP contribution in [0.4, 0.5) is 0 Å². The molecule has 0 heterocycles. The van der Waals surface area contributed by atoms with Gasteiger partial charge < -0.3 is 13.6 Å². The van der Waals surface area contributed by atoms with Crippen molar-refractivity contribution in [1.82, 2.24) is 0 Å². The maximum Gasteiger partial charge on any atom is 0.647 e. The van der Waals surface area contributed by atoms with E-state index in [2.05, 4.69) is 0 Å². The summed E-state index contributed by atoms with van der Waals surface area (Å²) in [5, 5.41) is 0. The van der Waals surface area contributed by atoms with Gasteiger partial charge in [0.15, 0.2) is 0 Å². The first-order valence-electron chi connectivity index (χ1n) is 8.74. The molecule has 140 valence electrons. The summed E-state index contributed by atoms with van der Waals surface area (Å²) < 4.78 is 31.0. The molecule has 0 aliphatic heterocycles. The summed E-state index contributed by atoms with van der Waals surface area (Å²) >= 11 is 0. The molecule has 0 amide bonds. The molecule has 0 aliphatic rings. The van der Waals surface area contributed by atoms with Crippen molar-refractivity contribution in [2.24, 2.45) is 0 Å². The molecule has 0 saturated heterocycles. The molecule has 5 heteroatoms. The van der Waals surface area contributed by atoms with Crippen LogP contribution in [0.5, 0.6) is 17.2 Å². The van der Waals surface area contributed by atoms with Gasteiger partial charge in [0.2, 0.25) is 0 Å². The summed E-state index contributed by atoms with van der Waals surface area (Å²) in [6, 6.07) is 20.2. The highest BCUT2D eigenvalue weighted by Gasteiger charge is 2.34. The maximum atomic E-state index is 13.6. The molecular weight excluding hydrogens is 359 g/mol. The fourth-order valence-corrected chi connectivity index (χ4v) is 4.19. The number of hydrogen-bond donors (Lipinski definition) is 0. The average molecular weight is 382 g/mol. The Morgan fingerprint density at radius 1 is 0.667 bits per heavy atom. The highest BCUT2D eigenvalue weighted by Crippen LogP contribution is 2.51. The van der Waals surface area contributed by atoms with Crippen molar-refractivity contribution >= 4 is 7.82 Å². The lowest BCUT2D eigenvalue weighted by Crippen LogP contribution is -2.09. The topological polar surface area (TPSA) is 44.8 Å². The van der Waals surface area contributed by atoms with Crippen LogP contribution in [-0.4, -0.2) is 0 Å². The van der Waals surface area contributed by atoms with Crippen LogP contribution in [0.2, 0.25) is 0 Å². The third-order valence-corrected chi connectivity index (χ3v) is 5.37. The summed E-state index contributed by atoms with van der Waals surface area (Å²) in [7, 11) is -3.98. The molecule has 3 aromatic rings. The second-order valence-electron chi connectivity index (χ2n) is 6.52. The minimum atomic E-state index is -3.98. The third kappa shape index (κ3) is 4.72. The number of benzene rings is 3. The largest absolute Gasteiger partial charge is 0.647 e. The van der Waals surface area contributed by atoms with Crippen molar-refractivity contribution in [1.29, 1.82) is 0 Å². The van der Waals surface area contributed by atoms with Gasteiger partial charge in [-0.25, -0.2) is 0 Å². The Bertz CT molecular complexity index is 963. The molecule has 0 saturated carbocycles. The first kappa shape index (κ1) is 19.1. The molecule has 0 radical (unpaired) electrons. The van der Waals surface area contributed by atoms with Crippen molar-refractivity contribution in [2.75, 3.05) is 0 Å². The Kier molecular flexibility index (Phi) is 5.57. The summed E-state index contributed by atoms with van der Waals surface area (Å²) in [6.45, 7) is 7.68. The molecule has 1 atom stereocenters. The normalized spacial score (nSPS) is 12.9. The van der Waals surface area contributed by atoms with Crippen LogP contribution in [0.1, 0.15) is 22.3 Å². The fourth-order valence-electron chi connectivity index (χ4n) is 2.74. The SMILES string of the molecule is Cc1ccc(OP(=O)(Oc2ccccc2)Oc2c(C)cccc2C)c(C)c1. The predicted octanol–water partition coefficient (Wildman–Crippen LogP) is 6.57. The fraction of sp³-hybridized carbons (Fsp3) is 0.182. The third-order valence-electron chi connectivity index (χ3n) is 4.11. The Labute approximate surface area is 160 Å². The van der Waals surface area contributed by atoms with Crippen molar-refractivity contribution in [3.05, 3.63) is 89.0 Å². The number of para-hydroxylation sites is 2. The predicted molar refractivity (Wildman–Crippen MR) is 108 cm³/mol. The van der Waals surface area contributed by atoms with Gasteiger partial charge in [-0.3, -0.25) is 0 Å². The Hall–Kier alpha value is -2.71. The van der Waals surface area contributed by atoms with Crippen molar-refractivity contribution < 1.29 is 18.1 Å². The van der Waals surface area contributed by atoms with E-state index in [1.54, 1.807) is 30.3 Å². The number of phosphoric acid groups is 1. The van der Waals surface area contributed by atoms with Gasteiger partial charge in [0.05, 0.1) is 0 Å². The molecule has 27 heavy (non-hydrogen) atoms. The first-order chi connectivity index (χ1) is 12.9. The van der Waals surface area contributed by atoms with E-state index in [9.17, 15) is 4.57 Å². The monoisotopic (exact) mass is 382 g/mol. The quantitative estimate of drug-likeness (QED) is 0.453. The number of rotatable bonds is 6. The summed E-state index contributed by atoms with van der Waals surface area (Å²) in [4.78, 5) is 0. The molecule has 3 rings (SSSR count). The first-order valence-corrected chi connectivity index (χ1v) is 10.2. The standard InChI is InChI=1S/C22H23O4P/c1-16-13-14-21(19(4)15-16)25-27(23,24-20-11-6-5-7-12-20)26-22-17(2)9-8-10-18(22)3/h5-15H,1-4H3. The molecule has 1 unspecified atom stereocenters. The van der Waals surface area contributed by atoms with E-state index < -0.39 is 7.82 Å². The summed E-state index contributed by atoms with van der Waals surface area (Å²) in [5.41, 5.74) is 3.67. The van der Waals surface area contributed by atoms with Gasteiger partial charge >= 0.3 is 7.82 Å². The highest BCUT2D eigenvalue weighted by molar-refractivity contribution is 7.49. The maximum absolute atomic E-state index is 13.6. The van der Waals surface area contributed by atoms with E-state index in [4.69, 9.17) is 13.6 Å². The van der Waals surface area contributed by atoms with Crippen LogP contribution in [0.25, 0.3) is 0 Å². The molecule has 0 fully saturated rings. The van der Waals surface area contributed by atoms with Gasteiger partial charge in [-0.15, -0.1) is 0 Å². The highest BCUT2D eigenvalue weighted by atomic mass is 31.2. The zero-order valence-corrected chi connectivity index (χ0v) is 16.8. The van der Waals surface area contributed by atoms with E-state index >= 15 is 0 Å². The lowest BCUT2D eigenvalue weighted by atomic mass is 10.1. The molecule has 4 nitrogen and oxygen atoms in total. The molecule has 3 aromatic carbocycles. The van der Waals surface area contributed by atoms with E-state index in [1.807, 2.05) is 64.1 Å². The summed E-state index contributed by atoms with van der Waals surface area (Å²) in [5.74, 6) is 1.38. The molecule has 0 bridgehead atoms. The second-order valence-corrected chi connectivity index (χ2v) is 7.97. The van der Waals surface area contributed by atoms with Gasteiger partial charge in [0.25, 0.3) is 0 Å². The van der Waals surface area contributed by atoms with E-state index in [1.165, 1.54) is 0 Å². The molecule has 0 N–H and O–H groups in total. The van der Waals surface area contributed by atoms with Crippen LogP contribution in [0, 0.1) is 27.7 Å². The van der Waals surface area contributed by atoms with Crippen LogP contribution in [0.3, 0.4) is 0 Å². The van der Waals surface area contributed by atoms with Gasteiger partial charge in [-0.05, 0) is 62.6 Å². The molecular formula is C22H23O4P. The van der Waals surface area contributed by atoms with Gasteiger partial charge in [-0.1, -0.05) is 54.1 Å². The smallest absolute Gasteiger partial charge is 0.386 e. The average Bonchev–Trinajstić information content (AvgIpc) is 2.62. The van der Waals surface area contributed by atoms with Crippen molar-refractivity contribution in [2.45, 2.75) is 27.7 Å². The van der Waals surface area contributed by atoms with Gasteiger partial charge in [0.1, 0.15) is 17.2 Å². The Morgan fingerprint density at radius 3 is 1.96 bits per heavy atom. The van der Waals surface area contributed by atoms with E-state index in [0.29, 0.717) is 17.2 Å². The van der Waals surface area contributed by atoms with Gasteiger partial charge in [-0.2, -0.15) is 4.57 Å². The number of aryl methyl sites for hydroxylation is 4. The summed E-state index contributed by atoms with van der Waals surface area (Å²) in [6.07, 6.45) is 0.